The summed E-state index contributed by atoms with van der Waals surface area (Å²) in [4.78, 5) is 38.3. The molecule has 0 heterocycles. The van der Waals surface area contributed by atoms with Gasteiger partial charge in [-0.1, -0.05) is 48.5 Å². The van der Waals surface area contributed by atoms with Gasteiger partial charge in [0, 0.05) is 22.4 Å². The summed E-state index contributed by atoms with van der Waals surface area (Å²) in [5.41, 5.74) is 1.82. The van der Waals surface area contributed by atoms with Crippen molar-refractivity contribution in [3.63, 3.8) is 0 Å². The first-order valence-electron chi connectivity index (χ1n) is 11.6. The largest absolute Gasteiger partial charge is 0.321 e. The summed E-state index contributed by atoms with van der Waals surface area (Å²) in [6.45, 7) is 0. The minimum atomic E-state index is -0.614. The van der Waals surface area contributed by atoms with Gasteiger partial charge in [0.15, 0.2) is 5.78 Å². The average molecular weight is 509 g/mol. The monoisotopic (exact) mass is 508 g/mol. The minimum Gasteiger partial charge on any atom is -0.321 e. The highest BCUT2D eigenvalue weighted by Gasteiger charge is 2.15. The first kappa shape index (κ1) is 25.9. The highest BCUT2D eigenvalue weighted by atomic mass is 19.1. The van der Waals surface area contributed by atoms with Gasteiger partial charge in [0.1, 0.15) is 17.3 Å². The Morgan fingerprint density at radius 3 is 2.03 bits per heavy atom. The van der Waals surface area contributed by atoms with Crippen molar-refractivity contribution in [3.05, 3.63) is 149 Å². The van der Waals surface area contributed by atoms with Crippen LogP contribution in [-0.4, -0.2) is 17.6 Å². The summed E-state index contributed by atoms with van der Waals surface area (Å²) in [5, 5.41) is 5.29. The Kier molecular flexibility index (Phi) is 8.31. The maximum absolute atomic E-state index is 13.8. The zero-order valence-electron chi connectivity index (χ0n) is 20.0. The molecule has 0 spiro atoms. The molecule has 0 fully saturated rings. The van der Waals surface area contributed by atoms with Crippen molar-refractivity contribution in [3.8, 4) is 0 Å². The molecule has 38 heavy (non-hydrogen) atoms. The van der Waals surface area contributed by atoms with Gasteiger partial charge in [0.2, 0.25) is 0 Å². The van der Waals surface area contributed by atoms with Crippen LogP contribution in [0.5, 0.6) is 0 Å². The Bertz CT molecular complexity index is 1510. The van der Waals surface area contributed by atoms with Crippen molar-refractivity contribution in [2.45, 2.75) is 0 Å². The second-order valence-corrected chi connectivity index (χ2v) is 8.18. The van der Waals surface area contributed by atoms with Gasteiger partial charge >= 0.3 is 0 Å². The molecule has 0 saturated carbocycles. The third-order valence-corrected chi connectivity index (χ3v) is 5.46. The van der Waals surface area contributed by atoms with E-state index in [1.807, 2.05) is 0 Å². The molecule has 0 atom stereocenters. The maximum atomic E-state index is 13.8. The van der Waals surface area contributed by atoms with Gasteiger partial charge in [-0.15, -0.1) is 0 Å². The van der Waals surface area contributed by atoms with E-state index < -0.39 is 23.4 Å². The fraction of sp³-hybridized carbons (Fsp3) is 0. The molecule has 0 bridgehead atoms. The highest BCUT2D eigenvalue weighted by Crippen LogP contribution is 2.15. The normalized spacial score (nSPS) is 11.3. The number of benzene rings is 4. The van der Waals surface area contributed by atoms with E-state index >= 15 is 0 Å². The number of halogens is 2. The number of ketones is 1. The van der Waals surface area contributed by atoms with Gasteiger partial charge in [0.05, 0.1) is 0 Å². The van der Waals surface area contributed by atoms with E-state index in [-0.39, 0.29) is 11.5 Å². The van der Waals surface area contributed by atoms with Gasteiger partial charge in [-0.05, 0) is 78.4 Å². The zero-order chi connectivity index (χ0) is 26.9. The van der Waals surface area contributed by atoms with Gasteiger partial charge in [-0.25, -0.2) is 8.78 Å². The predicted octanol–water partition coefficient (Wildman–Crippen LogP) is 6.27. The van der Waals surface area contributed by atoms with Crippen LogP contribution < -0.4 is 10.6 Å². The molecule has 4 aromatic carbocycles. The summed E-state index contributed by atoms with van der Waals surface area (Å²) < 4.78 is 27.1. The Morgan fingerprint density at radius 2 is 1.34 bits per heavy atom. The molecule has 4 rings (SSSR count). The predicted molar refractivity (Wildman–Crippen MR) is 143 cm³/mol. The lowest BCUT2D eigenvalue weighted by Crippen LogP contribution is -2.30. The molecule has 188 valence electrons. The van der Waals surface area contributed by atoms with Crippen molar-refractivity contribution in [2.24, 2.45) is 0 Å². The van der Waals surface area contributed by atoms with E-state index in [0.717, 1.165) is 0 Å². The fourth-order valence-electron chi connectivity index (χ4n) is 3.46. The summed E-state index contributed by atoms with van der Waals surface area (Å²) >= 11 is 0. The molecule has 0 aliphatic rings. The molecule has 4 aromatic rings. The number of hydrogen-bond acceptors (Lipinski definition) is 3. The third-order valence-electron chi connectivity index (χ3n) is 5.46. The smallest absolute Gasteiger partial charge is 0.272 e. The first-order chi connectivity index (χ1) is 18.4. The summed E-state index contributed by atoms with van der Waals surface area (Å²) in [7, 11) is 0. The van der Waals surface area contributed by atoms with Crippen LogP contribution >= 0.6 is 0 Å². The van der Waals surface area contributed by atoms with E-state index in [1.165, 1.54) is 72.8 Å². The molecule has 0 aliphatic heterocycles. The number of amides is 2. The molecule has 5 nitrogen and oxygen atoms in total. The van der Waals surface area contributed by atoms with Gasteiger partial charge in [0.25, 0.3) is 11.8 Å². The first-order valence-corrected chi connectivity index (χ1v) is 11.6. The Balaban J connectivity index is 1.49. The van der Waals surface area contributed by atoms with Crippen LogP contribution in [0.3, 0.4) is 0 Å². The van der Waals surface area contributed by atoms with Gasteiger partial charge < -0.3 is 10.6 Å². The number of rotatable bonds is 8. The van der Waals surface area contributed by atoms with E-state index in [0.29, 0.717) is 27.9 Å². The number of allylic oxidation sites excluding steroid dienone is 1. The van der Waals surface area contributed by atoms with Gasteiger partial charge in [-0.3, -0.25) is 14.4 Å². The van der Waals surface area contributed by atoms with Crippen LogP contribution in [0.15, 0.2) is 115 Å². The highest BCUT2D eigenvalue weighted by molar-refractivity contribution is 6.11. The molecular formula is C31H22F2N2O3. The van der Waals surface area contributed by atoms with Gasteiger partial charge in [-0.2, -0.15) is 0 Å². The van der Waals surface area contributed by atoms with Crippen LogP contribution in [0.1, 0.15) is 31.8 Å². The second kappa shape index (κ2) is 12.2. The number of carbonyl (C=O) groups is 3. The second-order valence-electron chi connectivity index (χ2n) is 8.18. The number of carbonyl (C=O) groups excluding carboxylic acids is 3. The van der Waals surface area contributed by atoms with Crippen LogP contribution in [0, 0.1) is 11.6 Å². The van der Waals surface area contributed by atoms with Crippen LogP contribution in [0.4, 0.5) is 14.5 Å². The van der Waals surface area contributed by atoms with Crippen molar-refractivity contribution in [2.75, 3.05) is 5.32 Å². The molecule has 0 saturated heterocycles. The average Bonchev–Trinajstić information content (AvgIpc) is 2.94. The van der Waals surface area contributed by atoms with E-state index in [9.17, 15) is 23.2 Å². The molecular weight excluding hydrogens is 486 g/mol. The molecule has 0 aliphatic carbocycles. The molecule has 2 amide bonds. The van der Waals surface area contributed by atoms with E-state index in [4.69, 9.17) is 0 Å². The molecule has 2 N–H and O–H groups in total. The standard InChI is InChI=1S/C31H22F2N2O3/c32-25-15-10-21(11-16-25)20-28(35-30(37)24-7-2-1-3-8-24)31(38)34-26-17-12-23(13-18-26)29(36)19-14-22-6-4-5-9-27(22)33/h1-20H,(H,34,38)(H,35,37)/b19-14+,28-20-. The minimum absolute atomic E-state index is 0.0570. The van der Waals surface area contributed by atoms with E-state index in [2.05, 4.69) is 10.6 Å². The third kappa shape index (κ3) is 6.95. The van der Waals surface area contributed by atoms with Crippen LogP contribution in [0.2, 0.25) is 0 Å². The van der Waals surface area contributed by atoms with Crippen LogP contribution in [0.25, 0.3) is 12.2 Å². The number of nitrogens with one attached hydrogen (secondary N) is 2. The number of hydrogen-bond donors (Lipinski definition) is 2. The van der Waals surface area contributed by atoms with Crippen molar-refractivity contribution >= 4 is 35.4 Å². The van der Waals surface area contributed by atoms with Crippen molar-refractivity contribution < 1.29 is 23.2 Å². The van der Waals surface area contributed by atoms with Crippen molar-refractivity contribution in [1.29, 1.82) is 0 Å². The Morgan fingerprint density at radius 1 is 0.684 bits per heavy atom. The molecule has 0 aromatic heterocycles. The zero-order valence-corrected chi connectivity index (χ0v) is 20.0. The maximum Gasteiger partial charge on any atom is 0.272 e. The fourth-order valence-corrected chi connectivity index (χ4v) is 3.46. The molecule has 7 heteroatoms. The van der Waals surface area contributed by atoms with Crippen LogP contribution in [-0.2, 0) is 4.79 Å². The quantitative estimate of drug-likeness (QED) is 0.218. The number of anilines is 1. The van der Waals surface area contributed by atoms with E-state index in [1.54, 1.807) is 48.5 Å². The SMILES string of the molecule is O=C(Nc1ccc(C(=O)/C=C/c2ccccc2F)cc1)/C(=C/c1ccc(F)cc1)NC(=O)c1ccccc1. The Hall–Kier alpha value is -5.17. The summed E-state index contributed by atoms with van der Waals surface area (Å²) in [6.07, 6.45) is 4.10. The molecule has 0 unspecified atom stereocenters. The lowest BCUT2D eigenvalue weighted by atomic mass is 10.1. The Labute approximate surface area is 218 Å². The summed E-state index contributed by atoms with van der Waals surface area (Å²) in [5.74, 6) is -2.30. The summed E-state index contributed by atoms with van der Waals surface area (Å²) in [6, 6.07) is 26.1. The molecule has 0 radical (unpaired) electrons. The lowest BCUT2D eigenvalue weighted by Gasteiger charge is -2.12. The van der Waals surface area contributed by atoms with Crippen molar-refractivity contribution in [1.82, 2.24) is 5.32 Å². The topological polar surface area (TPSA) is 75.3 Å². The lowest BCUT2D eigenvalue weighted by molar-refractivity contribution is -0.113.